The van der Waals surface area contributed by atoms with Gasteiger partial charge in [-0.1, -0.05) is 24.3 Å². The Labute approximate surface area is 163 Å². The van der Waals surface area contributed by atoms with Gasteiger partial charge in [-0.2, -0.15) is 5.10 Å². The number of aromatic hydroxyl groups is 3. The van der Waals surface area contributed by atoms with Gasteiger partial charge in [0, 0.05) is 18.1 Å². The van der Waals surface area contributed by atoms with Gasteiger partial charge in [-0.05, 0) is 60.9 Å². The Kier molecular flexibility index (Phi) is 4.43. The highest BCUT2D eigenvalue weighted by Gasteiger charge is 2.31. The van der Waals surface area contributed by atoms with Crippen molar-refractivity contribution >= 4 is 11.4 Å². The maximum absolute atomic E-state index is 10.3. The lowest BCUT2D eigenvalue weighted by Gasteiger charge is -2.24. The summed E-state index contributed by atoms with van der Waals surface area (Å²) in [5, 5.41) is 36.6. The molecule has 0 saturated carbocycles. The van der Waals surface area contributed by atoms with Gasteiger partial charge in [0.1, 0.15) is 17.2 Å². The predicted octanol–water partition coefficient (Wildman–Crippen LogP) is 4.78. The fraction of sp³-hybridized carbons (Fsp3) is 0.174. The highest BCUT2D eigenvalue weighted by Crippen LogP contribution is 2.39. The largest absolute Gasteiger partial charge is 0.508 e. The lowest BCUT2D eigenvalue weighted by molar-refractivity contribution is 0.450. The first kappa shape index (κ1) is 17.9. The monoisotopic (exact) mass is 374 g/mol. The van der Waals surface area contributed by atoms with Crippen LogP contribution in [-0.2, 0) is 0 Å². The number of anilines is 1. The van der Waals surface area contributed by atoms with Crippen LogP contribution in [0, 0.1) is 13.8 Å². The normalized spacial score (nSPS) is 16.3. The second-order valence-electron chi connectivity index (χ2n) is 7.20. The number of aryl methyl sites for hydroxylation is 2. The minimum atomic E-state index is -0.0655. The topological polar surface area (TPSA) is 76.3 Å². The second-order valence-corrected chi connectivity index (χ2v) is 7.20. The summed E-state index contributed by atoms with van der Waals surface area (Å²) in [7, 11) is 0. The van der Waals surface area contributed by atoms with Gasteiger partial charge < -0.3 is 15.3 Å². The molecule has 0 bridgehead atoms. The molecule has 0 fully saturated rings. The number of phenolic OH excluding ortho intramolecular Hbond substituents is 3. The summed E-state index contributed by atoms with van der Waals surface area (Å²) in [5.41, 5.74) is 5.29. The minimum Gasteiger partial charge on any atom is -0.508 e. The first-order valence-corrected chi connectivity index (χ1v) is 9.17. The first-order chi connectivity index (χ1) is 13.4. The van der Waals surface area contributed by atoms with E-state index in [0.29, 0.717) is 12.0 Å². The van der Waals surface area contributed by atoms with E-state index in [1.165, 1.54) is 6.07 Å². The van der Waals surface area contributed by atoms with Gasteiger partial charge in [0.05, 0.1) is 17.4 Å². The van der Waals surface area contributed by atoms with Crippen LogP contribution in [0.1, 0.15) is 34.7 Å². The van der Waals surface area contributed by atoms with Crippen LogP contribution in [0.5, 0.6) is 17.2 Å². The first-order valence-electron chi connectivity index (χ1n) is 9.17. The Balaban J connectivity index is 1.80. The van der Waals surface area contributed by atoms with E-state index < -0.39 is 0 Å². The Hall–Kier alpha value is -3.47. The number of phenols is 3. The molecule has 5 heteroatoms. The average molecular weight is 374 g/mol. The molecule has 1 heterocycles. The minimum absolute atomic E-state index is 0.00507. The van der Waals surface area contributed by atoms with E-state index in [9.17, 15) is 15.3 Å². The Bertz CT molecular complexity index is 1080. The zero-order valence-corrected chi connectivity index (χ0v) is 15.8. The summed E-state index contributed by atoms with van der Waals surface area (Å²) in [5.74, 6) is 0.285. The molecule has 0 aromatic heterocycles. The standard InChI is InChI=1S/C23H22N2O3/c1-14-4-3-5-17(10-14)25-21(16-6-9-22(27)15(2)11-16)13-20(24-25)19-8-7-18(26)12-23(19)28/h3-12,21,26-28H,13H2,1-2H3. The molecule has 28 heavy (non-hydrogen) atoms. The van der Waals surface area contributed by atoms with E-state index in [4.69, 9.17) is 5.10 Å². The summed E-state index contributed by atoms with van der Waals surface area (Å²) in [4.78, 5) is 0. The van der Waals surface area contributed by atoms with Crippen LogP contribution in [-0.4, -0.2) is 21.0 Å². The summed E-state index contributed by atoms with van der Waals surface area (Å²) in [6, 6.07) is 18.2. The fourth-order valence-corrected chi connectivity index (χ4v) is 3.59. The van der Waals surface area contributed by atoms with Crippen molar-refractivity contribution < 1.29 is 15.3 Å². The van der Waals surface area contributed by atoms with Gasteiger partial charge in [0.15, 0.2) is 0 Å². The van der Waals surface area contributed by atoms with Crippen LogP contribution in [0.4, 0.5) is 5.69 Å². The highest BCUT2D eigenvalue weighted by molar-refractivity contribution is 6.05. The van der Waals surface area contributed by atoms with Gasteiger partial charge in [0.25, 0.3) is 0 Å². The zero-order valence-electron chi connectivity index (χ0n) is 15.8. The molecule has 5 nitrogen and oxygen atoms in total. The van der Waals surface area contributed by atoms with Crippen molar-refractivity contribution in [2.24, 2.45) is 5.10 Å². The molecule has 1 aliphatic heterocycles. The van der Waals surface area contributed by atoms with Crippen LogP contribution < -0.4 is 5.01 Å². The maximum Gasteiger partial charge on any atom is 0.128 e. The van der Waals surface area contributed by atoms with E-state index in [-0.39, 0.29) is 23.3 Å². The Morgan fingerprint density at radius 2 is 1.71 bits per heavy atom. The van der Waals surface area contributed by atoms with Gasteiger partial charge in [-0.3, -0.25) is 5.01 Å². The molecular formula is C23H22N2O3. The molecular weight excluding hydrogens is 352 g/mol. The van der Waals surface area contributed by atoms with Crippen LogP contribution in [0.2, 0.25) is 0 Å². The van der Waals surface area contributed by atoms with Crippen molar-refractivity contribution in [2.45, 2.75) is 26.3 Å². The van der Waals surface area contributed by atoms with E-state index >= 15 is 0 Å². The molecule has 1 aliphatic rings. The summed E-state index contributed by atoms with van der Waals surface area (Å²) >= 11 is 0. The molecule has 0 amide bonds. The third-order valence-corrected chi connectivity index (χ3v) is 5.07. The Morgan fingerprint density at radius 3 is 2.43 bits per heavy atom. The highest BCUT2D eigenvalue weighted by atomic mass is 16.3. The molecule has 3 aromatic rings. The molecule has 0 radical (unpaired) electrons. The molecule has 0 spiro atoms. The zero-order chi connectivity index (χ0) is 19.8. The number of hydrazone groups is 1. The number of hydrogen-bond donors (Lipinski definition) is 3. The van der Waals surface area contributed by atoms with Gasteiger partial charge >= 0.3 is 0 Å². The maximum atomic E-state index is 10.3. The Morgan fingerprint density at radius 1 is 0.893 bits per heavy atom. The third-order valence-electron chi connectivity index (χ3n) is 5.07. The van der Waals surface area contributed by atoms with Crippen LogP contribution >= 0.6 is 0 Å². The number of hydrogen-bond acceptors (Lipinski definition) is 5. The van der Waals surface area contributed by atoms with E-state index in [2.05, 4.69) is 6.07 Å². The average Bonchev–Trinajstić information content (AvgIpc) is 3.09. The van der Waals surface area contributed by atoms with Crippen LogP contribution in [0.25, 0.3) is 0 Å². The summed E-state index contributed by atoms with van der Waals surface area (Å²) in [6.07, 6.45) is 0.594. The molecule has 4 rings (SSSR count). The van der Waals surface area contributed by atoms with Gasteiger partial charge in [-0.25, -0.2) is 0 Å². The smallest absolute Gasteiger partial charge is 0.128 e. The fourth-order valence-electron chi connectivity index (χ4n) is 3.59. The van der Waals surface area contributed by atoms with Gasteiger partial charge in [-0.15, -0.1) is 0 Å². The van der Waals surface area contributed by atoms with Gasteiger partial charge in [0.2, 0.25) is 0 Å². The molecule has 0 aliphatic carbocycles. The molecule has 142 valence electrons. The molecule has 1 unspecified atom stereocenters. The summed E-state index contributed by atoms with van der Waals surface area (Å²) in [6.45, 7) is 3.91. The summed E-state index contributed by atoms with van der Waals surface area (Å²) < 4.78 is 0. The second kappa shape index (κ2) is 6.93. The third kappa shape index (κ3) is 3.27. The van der Waals surface area contributed by atoms with Crippen LogP contribution in [0.15, 0.2) is 65.8 Å². The van der Waals surface area contributed by atoms with Crippen molar-refractivity contribution in [3.63, 3.8) is 0 Å². The predicted molar refractivity (Wildman–Crippen MR) is 110 cm³/mol. The molecule has 3 N–H and O–H groups in total. The number of rotatable bonds is 3. The van der Waals surface area contributed by atoms with Crippen molar-refractivity contribution in [3.8, 4) is 17.2 Å². The van der Waals surface area contributed by atoms with Crippen molar-refractivity contribution in [2.75, 3.05) is 5.01 Å². The quantitative estimate of drug-likeness (QED) is 0.617. The SMILES string of the molecule is Cc1cccc(N2N=C(c3ccc(O)cc3O)CC2c2ccc(O)c(C)c2)c1. The van der Waals surface area contributed by atoms with E-state index in [1.54, 1.807) is 18.2 Å². The molecule has 1 atom stereocenters. The lowest BCUT2D eigenvalue weighted by atomic mass is 9.96. The van der Waals surface area contributed by atoms with E-state index in [0.717, 1.165) is 28.1 Å². The van der Waals surface area contributed by atoms with Crippen LogP contribution in [0.3, 0.4) is 0 Å². The van der Waals surface area contributed by atoms with E-state index in [1.807, 2.05) is 49.2 Å². The number of benzene rings is 3. The number of nitrogens with zero attached hydrogens (tertiary/aromatic N) is 2. The lowest BCUT2D eigenvalue weighted by Crippen LogP contribution is -2.18. The van der Waals surface area contributed by atoms with Crippen molar-refractivity contribution in [1.82, 2.24) is 0 Å². The van der Waals surface area contributed by atoms with Crippen molar-refractivity contribution in [3.05, 3.63) is 82.9 Å². The van der Waals surface area contributed by atoms with Crippen molar-refractivity contribution in [1.29, 1.82) is 0 Å². The molecule has 3 aromatic carbocycles. The molecule has 0 saturated heterocycles.